The zero-order valence-electron chi connectivity index (χ0n) is 14.4. The van der Waals surface area contributed by atoms with Crippen molar-refractivity contribution in [2.75, 3.05) is 11.9 Å². The van der Waals surface area contributed by atoms with Crippen molar-refractivity contribution < 1.29 is 19.1 Å². The van der Waals surface area contributed by atoms with Gasteiger partial charge < -0.3 is 15.8 Å². The Bertz CT molecular complexity index is 899. The lowest BCUT2D eigenvalue weighted by Crippen LogP contribution is -2.32. The first-order valence-electron chi connectivity index (χ1n) is 7.77. The van der Waals surface area contributed by atoms with Gasteiger partial charge in [0.2, 0.25) is 0 Å². The third-order valence-electron chi connectivity index (χ3n) is 3.25. The van der Waals surface area contributed by atoms with Crippen molar-refractivity contribution in [3.63, 3.8) is 0 Å². The SMILES string of the molecule is Cc1ccc(NC(=O)C(=O)N/N=C/c2cccc(OCC(N)=O)c2)cc1Cl. The molecule has 0 radical (unpaired) electrons. The van der Waals surface area contributed by atoms with Crippen molar-refractivity contribution in [2.24, 2.45) is 10.8 Å². The summed E-state index contributed by atoms with van der Waals surface area (Å²) in [6.07, 6.45) is 1.32. The van der Waals surface area contributed by atoms with Crippen molar-refractivity contribution in [2.45, 2.75) is 6.92 Å². The summed E-state index contributed by atoms with van der Waals surface area (Å²) < 4.78 is 5.16. The number of nitrogens with zero attached hydrogens (tertiary/aromatic N) is 1. The number of carbonyl (C=O) groups is 3. The summed E-state index contributed by atoms with van der Waals surface area (Å²) in [7, 11) is 0. The average Bonchev–Trinajstić information content (AvgIpc) is 2.63. The maximum atomic E-state index is 11.9. The van der Waals surface area contributed by atoms with Crippen LogP contribution in [0.5, 0.6) is 5.75 Å². The smallest absolute Gasteiger partial charge is 0.329 e. The van der Waals surface area contributed by atoms with Gasteiger partial charge in [-0.05, 0) is 42.3 Å². The molecule has 0 atom stereocenters. The number of hydrogen-bond acceptors (Lipinski definition) is 5. The quantitative estimate of drug-likeness (QED) is 0.395. The molecule has 27 heavy (non-hydrogen) atoms. The number of rotatable bonds is 6. The van der Waals surface area contributed by atoms with Gasteiger partial charge in [-0.2, -0.15) is 5.10 Å². The Kier molecular flexibility index (Phi) is 6.90. The highest BCUT2D eigenvalue weighted by molar-refractivity contribution is 6.39. The zero-order chi connectivity index (χ0) is 19.8. The molecule has 0 aliphatic rings. The number of hydrazone groups is 1. The van der Waals surface area contributed by atoms with E-state index in [1.54, 1.807) is 42.5 Å². The number of halogens is 1. The molecule has 9 heteroatoms. The van der Waals surface area contributed by atoms with Gasteiger partial charge >= 0.3 is 11.8 Å². The van der Waals surface area contributed by atoms with E-state index in [1.807, 2.05) is 6.92 Å². The molecule has 0 aliphatic heterocycles. The molecular weight excluding hydrogens is 372 g/mol. The van der Waals surface area contributed by atoms with Crippen LogP contribution >= 0.6 is 11.6 Å². The lowest BCUT2D eigenvalue weighted by molar-refractivity contribution is -0.136. The van der Waals surface area contributed by atoms with Gasteiger partial charge in [0.05, 0.1) is 6.21 Å². The van der Waals surface area contributed by atoms with Gasteiger partial charge in [0.15, 0.2) is 6.61 Å². The van der Waals surface area contributed by atoms with Crippen LogP contribution in [-0.2, 0) is 14.4 Å². The van der Waals surface area contributed by atoms with Crippen molar-refractivity contribution >= 4 is 41.2 Å². The monoisotopic (exact) mass is 388 g/mol. The molecule has 0 fully saturated rings. The fourth-order valence-corrected chi connectivity index (χ4v) is 2.09. The molecule has 2 aromatic rings. The second-order valence-corrected chi connectivity index (χ2v) is 5.85. The first-order chi connectivity index (χ1) is 12.8. The van der Waals surface area contributed by atoms with Crippen LogP contribution in [0, 0.1) is 6.92 Å². The summed E-state index contributed by atoms with van der Waals surface area (Å²) in [4.78, 5) is 34.4. The van der Waals surface area contributed by atoms with Crippen molar-refractivity contribution in [3.8, 4) is 5.75 Å². The van der Waals surface area contributed by atoms with Crippen LogP contribution in [-0.4, -0.2) is 30.5 Å². The Morgan fingerprint density at radius 3 is 2.67 bits per heavy atom. The summed E-state index contributed by atoms with van der Waals surface area (Å²) in [6.45, 7) is 1.57. The molecule has 0 saturated heterocycles. The maximum absolute atomic E-state index is 11.9. The predicted molar refractivity (Wildman–Crippen MR) is 102 cm³/mol. The van der Waals surface area contributed by atoms with E-state index in [1.165, 1.54) is 6.21 Å². The molecule has 0 spiro atoms. The number of ether oxygens (including phenoxy) is 1. The summed E-state index contributed by atoms with van der Waals surface area (Å²) in [5, 5.41) is 6.61. The second kappa shape index (κ2) is 9.35. The summed E-state index contributed by atoms with van der Waals surface area (Å²) in [6, 6.07) is 11.5. The molecule has 0 aliphatic carbocycles. The number of benzene rings is 2. The molecule has 0 bridgehead atoms. The lowest BCUT2D eigenvalue weighted by Gasteiger charge is -2.06. The zero-order valence-corrected chi connectivity index (χ0v) is 15.1. The summed E-state index contributed by atoms with van der Waals surface area (Å²) in [5.41, 5.74) is 8.96. The van der Waals surface area contributed by atoms with Crippen LogP contribution < -0.4 is 21.2 Å². The molecule has 8 nitrogen and oxygen atoms in total. The summed E-state index contributed by atoms with van der Waals surface area (Å²) >= 11 is 5.97. The van der Waals surface area contributed by atoms with E-state index in [-0.39, 0.29) is 6.61 Å². The first-order valence-corrected chi connectivity index (χ1v) is 8.14. The van der Waals surface area contributed by atoms with Crippen LogP contribution in [0.25, 0.3) is 0 Å². The molecular formula is C18H17ClN4O4. The van der Waals surface area contributed by atoms with E-state index in [4.69, 9.17) is 22.1 Å². The van der Waals surface area contributed by atoms with Gasteiger partial charge in [-0.15, -0.1) is 0 Å². The third kappa shape index (κ3) is 6.44. The van der Waals surface area contributed by atoms with Gasteiger partial charge in [-0.1, -0.05) is 29.8 Å². The van der Waals surface area contributed by atoms with Crippen LogP contribution in [0.15, 0.2) is 47.6 Å². The lowest BCUT2D eigenvalue weighted by atomic mass is 10.2. The molecule has 0 aromatic heterocycles. The molecule has 2 aromatic carbocycles. The molecule has 0 saturated carbocycles. The maximum Gasteiger partial charge on any atom is 0.329 e. The molecule has 4 N–H and O–H groups in total. The number of anilines is 1. The average molecular weight is 389 g/mol. The number of hydrogen-bond donors (Lipinski definition) is 3. The second-order valence-electron chi connectivity index (χ2n) is 5.44. The minimum Gasteiger partial charge on any atom is -0.484 e. The number of nitrogens with two attached hydrogens (primary N) is 1. The molecule has 2 rings (SSSR count). The van der Waals surface area contributed by atoms with Crippen LogP contribution in [0.3, 0.4) is 0 Å². The van der Waals surface area contributed by atoms with Crippen molar-refractivity contribution in [3.05, 3.63) is 58.6 Å². The topological polar surface area (TPSA) is 123 Å². The van der Waals surface area contributed by atoms with Crippen molar-refractivity contribution in [1.29, 1.82) is 0 Å². The number of nitrogens with one attached hydrogen (secondary N) is 2. The Morgan fingerprint density at radius 1 is 1.19 bits per heavy atom. The van der Waals surface area contributed by atoms with Crippen LogP contribution in [0.2, 0.25) is 5.02 Å². The molecule has 3 amide bonds. The Hall–Kier alpha value is -3.39. The van der Waals surface area contributed by atoms with E-state index in [2.05, 4.69) is 15.8 Å². The minimum atomic E-state index is -0.941. The van der Waals surface area contributed by atoms with Gasteiger partial charge in [0, 0.05) is 10.7 Å². The first kappa shape index (κ1) is 19.9. The highest BCUT2D eigenvalue weighted by Gasteiger charge is 2.13. The van der Waals surface area contributed by atoms with Gasteiger partial charge in [0.1, 0.15) is 5.75 Å². The number of carbonyl (C=O) groups excluding carboxylic acids is 3. The van der Waals surface area contributed by atoms with E-state index in [0.717, 1.165) is 5.56 Å². The van der Waals surface area contributed by atoms with E-state index >= 15 is 0 Å². The number of primary amides is 1. The normalized spacial score (nSPS) is 10.4. The van der Waals surface area contributed by atoms with Crippen LogP contribution in [0.4, 0.5) is 5.69 Å². The highest BCUT2D eigenvalue weighted by Crippen LogP contribution is 2.19. The van der Waals surface area contributed by atoms with E-state index in [9.17, 15) is 14.4 Å². The molecule has 0 heterocycles. The predicted octanol–water partition coefficient (Wildman–Crippen LogP) is 1.60. The summed E-state index contributed by atoms with van der Waals surface area (Å²) in [5.74, 6) is -2.00. The Balaban J connectivity index is 1.90. The van der Waals surface area contributed by atoms with Crippen LogP contribution in [0.1, 0.15) is 11.1 Å². The Labute approximate surface area is 160 Å². The van der Waals surface area contributed by atoms with Gasteiger partial charge in [-0.25, -0.2) is 5.43 Å². The molecule has 0 unspecified atom stereocenters. The van der Waals surface area contributed by atoms with E-state index in [0.29, 0.717) is 22.0 Å². The van der Waals surface area contributed by atoms with Gasteiger partial charge in [-0.3, -0.25) is 14.4 Å². The van der Waals surface area contributed by atoms with E-state index < -0.39 is 17.7 Å². The number of aryl methyl sites for hydroxylation is 1. The fourth-order valence-electron chi connectivity index (χ4n) is 1.91. The standard InChI is InChI=1S/C18H17ClN4O4/c1-11-5-6-13(8-15(11)19)22-17(25)18(26)23-21-9-12-3-2-4-14(7-12)27-10-16(20)24/h2-9H,10H2,1H3,(H2,20,24)(H,22,25)(H,23,26)/b21-9+. The van der Waals surface area contributed by atoms with Crippen molar-refractivity contribution in [1.82, 2.24) is 5.43 Å². The van der Waals surface area contributed by atoms with Gasteiger partial charge in [0.25, 0.3) is 5.91 Å². The number of amides is 3. The fraction of sp³-hybridized carbons (Fsp3) is 0.111. The largest absolute Gasteiger partial charge is 0.484 e. The highest BCUT2D eigenvalue weighted by atomic mass is 35.5. The minimum absolute atomic E-state index is 0.249. The molecule has 140 valence electrons. The third-order valence-corrected chi connectivity index (χ3v) is 3.66. The Morgan fingerprint density at radius 2 is 1.96 bits per heavy atom.